The molecule has 1 atom stereocenters. The zero-order valence-corrected chi connectivity index (χ0v) is 16.1. The topological polar surface area (TPSA) is 66.4 Å². The molecule has 0 aromatic carbocycles. The summed E-state index contributed by atoms with van der Waals surface area (Å²) in [5.74, 6) is 1.59. The smallest absolute Gasteiger partial charge is 0.263 e. The molecule has 1 saturated heterocycles. The molecule has 0 spiro atoms. The molecule has 2 aliphatic heterocycles. The highest BCUT2D eigenvalue weighted by molar-refractivity contribution is 7.12. The third kappa shape index (κ3) is 2.70. The molecule has 26 heavy (non-hydrogen) atoms. The van der Waals surface area contributed by atoms with Crippen LogP contribution in [0.15, 0.2) is 17.5 Å². The van der Waals surface area contributed by atoms with Gasteiger partial charge in [0, 0.05) is 36.8 Å². The zero-order valence-electron chi connectivity index (χ0n) is 15.3. The lowest BCUT2D eigenvalue weighted by Crippen LogP contribution is -2.47. The van der Waals surface area contributed by atoms with Crippen LogP contribution in [0.2, 0.25) is 0 Å². The molecule has 0 aliphatic carbocycles. The summed E-state index contributed by atoms with van der Waals surface area (Å²) in [6, 6.07) is 3.77. The van der Waals surface area contributed by atoms with Gasteiger partial charge < -0.3 is 4.90 Å². The van der Waals surface area contributed by atoms with Crippen molar-refractivity contribution in [3.8, 4) is 0 Å². The number of anilines is 1. The van der Waals surface area contributed by atoms with Gasteiger partial charge in [-0.2, -0.15) is 0 Å². The van der Waals surface area contributed by atoms with Crippen molar-refractivity contribution in [3.05, 3.63) is 39.5 Å². The van der Waals surface area contributed by atoms with E-state index in [2.05, 4.69) is 6.92 Å². The van der Waals surface area contributed by atoms with Crippen LogP contribution in [0.4, 0.5) is 5.82 Å². The van der Waals surface area contributed by atoms with Crippen molar-refractivity contribution in [2.45, 2.75) is 38.5 Å². The van der Waals surface area contributed by atoms with E-state index < -0.39 is 0 Å². The molecule has 0 N–H and O–H groups in total. The van der Waals surface area contributed by atoms with Crippen molar-refractivity contribution >= 4 is 29.0 Å². The fourth-order valence-electron chi connectivity index (χ4n) is 3.87. The molecule has 4 rings (SSSR count). The number of rotatable bonds is 2. The summed E-state index contributed by atoms with van der Waals surface area (Å²) in [6.07, 6.45) is 2.22. The van der Waals surface area contributed by atoms with Gasteiger partial charge in [-0.25, -0.2) is 9.97 Å². The van der Waals surface area contributed by atoms with Crippen molar-refractivity contribution in [1.82, 2.24) is 14.9 Å². The first-order valence-corrected chi connectivity index (χ1v) is 9.74. The number of likely N-dealkylation sites (tertiary alicyclic amines) is 1. The van der Waals surface area contributed by atoms with Crippen LogP contribution in [0.5, 0.6) is 0 Å². The van der Waals surface area contributed by atoms with Crippen LogP contribution in [0, 0.1) is 6.92 Å². The molecule has 2 aromatic rings. The quantitative estimate of drug-likeness (QED) is 0.815. The summed E-state index contributed by atoms with van der Waals surface area (Å²) in [7, 11) is 1.76. The van der Waals surface area contributed by atoms with Gasteiger partial charge in [-0.05, 0) is 31.2 Å². The van der Waals surface area contributed by atoms with E-state index in [-0.39, 0.29) is 17.2 Å². The van der Waals surface area contributed by atoms with E-state index in [1.54, 1.807) is 11.9 Å². The average Bonchev–Trinajstić information content (AvgIpc) is 3.25. The minimum absolute atomic E-state index is 0.0536. The Morgan fingerprint density at radius 3 is 2.88 bits per heavy atom. The van der Waals surface area contributed by atoms with Gasteiger partial charge in [-0.15, -0.1) is 11.3 Å². The molecule has 4 heterocycles. The first kappa shape index (κ1) is 17.1. The third-order valence-corrected chi connectivity index (χ3v) is 6.33. The van der Waals surface area contributed by atoms with E-state index >= 15 is 0 Å². The Hall–Kier alpha value is -2.28. The van der Waals surface area contributed by atoms with Crippen molar-refractivity contribution in [1.29, 1.82) is 0 Å². The molecule has 7 heteroatoms. The van der Waals surface area contributed by atoms with E-state index in [9.17, 15) is 9.59 Å². The standard InChI is InChI=1S/C19H22N4O2S/c1-12-13-10-15(24)22(3)16(13)21-18(20-12)19(2)7-5-8-23(11-19)17(25)14-6-4-9-26-14/h4,6,9H,5,7-8,10-11H2,1-3H3/t19-/m1/s1. The van der Waals surface area contributed by atoms with E-state index in [0.29, 0.717) is 13.0 Å². The first-order chi connectivity index (χ1) is 12.4. The molecule has 1 fully saturated rings. The van der Waals surface area contributed by atoms with Crippen LogP contribution in [0.3, 0.4) is 0 Å². The van der Waals surface area contributed by atoms with E-state index in [4.69, 9.17) is 9.97 Å². The van der Waals surface area contributed by atoms with Crippen molar-refractivity contribution < 1.29 is 9.59 Å². The second-order valence-electron chi connectivity index (χ2n) is 7.43. The van der Waals surface area contributed by atoms with E-state index in [0.717, 1.165) is 47.2 Å². The Kier molecular flexibility index (Phi) is 4.06. The van der Waals surface area contributed by atoms with E-state index in [1.807, 2.05) is 29.3 Å². The molecule has 0 radical (unpaired) electrons. The average molecular weight is 370 g/mol. The molecule has 6 nitrogen and oxygen atoms in total. The number of thiophene rings is 1. The summed E-state index contributed by atoms with van der Waals surface area (Å²) >= 11 is 1.47. The van der Waals surface area contributed by atoms with Gasteiger partial charge in [0.2, 0.25) is 5.91 Å². The normalized spacial score (nSPS) is 22.7. The highest BCUT2D eigenvalue weighted by atomic mass is 32.1. The zero-order chi connectivity index (χ0) is 18.5. The number of hydrogen-bond donors (Lipinski definition) is 0. The maximum absolute atomic E-state index is 12.8. The van der Waals surface area contributed by atoms with Gasteiger partial charge in [0.05, 0.1) is 11.3 Å². The largest absolute Gasteiger partial charge is 0.337 e. The number of fused-ring (bicyclic) bond motifs is 1. The minimum Gasteiger partial charge on any atom is -0.337 e. The second-order valence-corrected chi connectivity index (χ2v) is 8.38. The Morgan fingerprint density at radius 1 is 1.35 bits per heavy atom. The number of carbonyl (C=O) groups is 2. The molecular formula is C19H22N4O2S. The van der Waals surface area contributed by atoms with Crippen molar-refractivity contribution in [3.63, 3.8) is 0 Å². The molecule has 2 aromatic heterocycles. The summed E-state index contributed by atoms with van der Waals surface area (Å²) < 4.78 is 0. The maximum Gasteiger partial charge on any atom is 0.263 e. The number of likely N-dealkylation sites (N-methyl/N-ethyl adjacent to an activating group) is 1. The van der Waals surface area contributed by atoms with Crippen LogP contribution >= 0.6 is 11.3 Å². The number of aromatic nitrogens is 2. The van der Waals surface area contributed by atoms with E-state index in [1.165, 1.54) is 11.3 Å². The first-order valence-electron chi connectivity index (χ1n) is 8.86. The molecular weight excluding hydrogens is 348 g/mol. The summed E-state index contributed by atoms with van der Waals surface area (Å²) in [5, 5.41) is 1.93. The number of aryl methyl sites for hydroxylation is 1. The monoisotopic (exact) mass is 370 g/mol. The lowest BCUT2D eigenvalue weighted by Gasteiger charge is -2.39. The minimum atomic E-state index is -0.308. The second kappa shape index (κ2) is 6.16. The fourth-order valence-corrected chi connectivity index (χ4v) is 4.57. The Labute approximate surface area is 156 Å². The molecule has 0 bridgehead atoms. The summed E-state index contributed by atoms with van der Waals surface area (Å²) in [6.45, 7) is 5.42. The Bertz CT molecular complexity index is 880. The predicted molar refractivity (Wildman–Crippen MR) is 101 cm³/mol. The number of hydrogen-bond acceptors (Lipinski definition) is 5. The van der Waals surface area contributed by atoms with Crippen LogP contribution in [0.1, 0.15) is 46.5 Å². The molecule has 0 unspecified atom stereocenters. The molecule has 136 valence electrons. The van der Waals surface area contributed by atoms with Gasteiger partial charge in [-0.1, -0.05) is 13.0 Å². The number of amides is 2. The molecule has 2 amide bonds. The van der Waals surface area contributed by atoms with Gasteiger partial charge in [0.25, 0.3) is 5.91 Å². The molecule has 0 saturated carbocycles. The lowest BCUT2D eigenvalue weighted by atomic mass is 9.80. The van der Waals surface area contributed by atoms with Crippen LogP contribution in [0.25, 0.3) is 0 Å². The predicted octanol–water partition coefficient (Wildman–Crippen LogP) is 2.56. The SMILES string of the molecule is Cc1nc([C@]2(C)CCCN(C(=O)c3cccs3)C2)nc2c1CC(=O)N2C. The lowest BCUT2D eigenvalue weighted by molar-refractivity contribution is -0.117. The number of nitrogens with zero attached hydrogens (tertiary/aromatic N) is 4. The fraction of sp³-hybridized carbons (Fsp3) is 0.474. The van der Waals surface area contributed by atoms with Gasteiger partial charge >= 0.3 is 0 Å². The highest BCUT2D eigenvalue weighted by Crippen LogP contribution is 2.36. The summed E-state index contributed by atoms with van der Waals surface area (Å²) in [4.78, 5) is 38.6. The Morgan fingerprint density at radius 2 is 2.15 bits per heavy atom. The van der Waals surface area contributed by atoms with Gasteiger partial charge in [0.1, 0.15) is 11.6 Å². The van der Waals surface area contributed by atoms with Crippen molar-refractivity contribution in [2.75, 3.05) is 25.0 Å². The van der Waals surface area contributed by atoms with Crippen LogP contribution in [-0.4, -0.2) is 46.8 Å². The Balaban J connectivity index is 1.66. The van der Waals surface area contributed by atoms with Gasteiger partial charge in [0.15, 0.2) is 0 Å². The number of carbonyl (C=O) groups excluding carboxylic acids is 2. The highest BCUT2D eigenvalue weighted by Gasteiger charge is 2.39. The van der Waals surface area contributed by atoms with Gasteiger partial charge in [-0.3, -0.25) is 14.5 Å². The third-order valence-electron chi connectivity index (χ3n) is 5.47. The van der Waals surface area contributed by atoms with Crippen LogP contribution in [-0.2, 0) is 16.6 Å². The molecule has 2 aliphatic rings. The summed E-state index contributed by atoms with van der Waals surface area (Å²) in [5.41, 5.74) is 1.48. The maximum atomic E-state index is 12.8. The number of piperidine rings is 1. The van der Waals surface area contributed by atoms with Crippen LogP contribution < -0.4 is 4.90 Å². The van der Waals surface area contributed by atoms with Crippen molar-refractivity contribution in [2.24, 2.45) is 0 Å².